The SMILES string of the molecule is CN(Cc1ccc(Br)cc1)C(C)(CN)C1CC1. The largest absolute Gasteiger partial charge is 0.329 e. The number of rotatable bonds is 5. The third-order valence-corrected chi connectivity index (χ3v) is 4.60. The molecule has 1 aromatic carbocycles. The molecule has 2 N–H and O–H groups in total. The second-order valence-corrected chi connectivity index (χ2v) is 6.23. The fraction of sp³-hybridized carbons (Fsp3) is 0.571. The summed E-state index contributed by atoms with van der Waals surface area (Å²) in [6.45, 7) is 4.01. The van der Waals surface area contributed by atoms with E-state index in [1.807, 2.05) is 0 Å². The van der Waals surface area contributed by atoms with Crippen molar-refractivity contribution >= 4 is 15.9 Å². The van der Waals surface area contributed by atoms with Gasteiger partial charge in [-0.15, -0.1) is 0 Å². The van der Waals surface area contributed by atoms with Gasteiger partial charge in [-0.2, -0.15) is 0 Å². The van der Waals surface area contributed by atoms with E-state index in [9.17, 15) is 0 Å². The van der Waals surface area contributed by atoms with Crippen LogP contribution in [0.4, 0.5) is 0 Å². The summed E-state index contributed by atoms with van der Waals surface area (Å²) in [4.78, 5) is 2.41. The molecule has 1 unspecified atom stereocenters. The van der Waals surface area contributed by atoms with Gasteiger partial charge in [0.2, 0.25) is 0 Å². The lowest BCUT2D eigenvalue weighted by Gasteiger charge is -2.38. The number of halogens is 1. The summed E-state index contributed by atoms with van der Waals surface area (Å²) in [6, 6.07) is 8.54. The van der Waals surface area contributed by atoms with Crippen molar-refractivity contribution in [3.8, 4) is 0 Å². The van der Waals surface area contributed by atoms with E-state index in [1.54, 1.807) is 0 Å². The summed E-state index contributed by atoms with van der Waals surface area (Å²) in [7, 11) is 2.19. The van der Waals surface area contributed by atoms with Gasteiger partial charge in [0.15, 0.2) is 0 Å². The Labute approximate surface area is 112 Å². The fourth-order valence-electron chi connectivity index (χ4n) is 2.38. The Morgan fingerprint density at radius 1 is 1.35 bits per heavy atom. The maximum absolute atomic E-state index is 5.98. The number of hydrogen-bond donors (Lipinski definition) is 1. The summed E-state index contributed by atoms with van der Waals surface area (Å²) in [5.74, 6) is 0.785. The maximum Gasteiger partial charge on any atom is 0.0332 e. The molecule has 0 saturated heterocycles. The van der Waals surface area contributed by atoms with E-state index < -0.39 is 0 Å². The van der Waals surface area contributed by atoms with Crippen LogP contribution < -0.4 is 5.73 Å². The molecule has 1 saturated carbocycles. The van der Waals surface area contributed by atoms with Gasteiger partial charge >= 0.3 is 0 Å². The van der Waals surface area contributed by atoms with E-state index in [2.05, 4.69) is 59.1 Å². The monoisotopic (exact) mass is 296 g/mol. The molecule has 1 aromatic rings. The molecular formula is C14H21BrN2. The molecule has 2 rings (SSSR count). The van der Waals surface area contributed by atoms with Crippen LogP contribution in [-0.4, -0.2) is 24.0 Å². The highest BCUT2D eigenvalue weighted by atomic mass is 79.9. The zero-order valence-corrected chi connectivity index (χ0v) is 12.2. The Morgan fingerprint density at radius 3 is 2.41 bits per heavy atom. The number of nitrogens with zero attached hydrogens (tertiary/aromatic N) is 1. The average molecular weight is 297 g/mol. The fourth-order valence-corrected chi connectivity index (χ4v) is 2.65. The summed E-state index contributed by atoms with van der Waals surface area (Å²) in [5.41, 5.74) is 7.48. The first-order chi connectivity index (χ1) is 8.06. The number of likely N-dealkylation sites (N-methyl/N-ethyl adjacent to an activating group) is 1. The van der Waals surface area contributed by atoms with Crippen LogP contribution in [-0.2, 0) is 6.54 Å². The minimum Gasteiger partial charge on any atom is -0.329 e. The van der Waals surface area contributed by atoms with Gasteiger partial charge in [-0.3, -0.25) is 4.90 Å². The zero-order chi connectivity index (χ0) is 12.5. The van der Waals surface area contributed by atoms with E-state index in [0.717, 1.165) is 23.5 Å². The summed E-state index contributed by atoms with van der Waals surface area (Å²) < 4.78 is 1.13. The van der Waals surface area contributed by atoms with Crippen molar-refractivity contribution in [1.82, 2.24) is 4.90 Å². The Bertz CT molecular complexity index is 372. The topological polar surface area (TPSA) is 29.3 Å². The van der Waals surface area contributed by atoms with E-state index in [-0.39, 0.29) is 5.54 Å². The van der Waals surface area contributed by atoms with Crippen LogP contribution in [0.1, 0.15) is 25.3 Å². The van der Waals surface area contributed by atoms with Crippen LogP contribution in [0.5, 0.6) is 0 Å². The molecule has 94 valence electrons. The molecule has 2 nitrogen and oxygen atoms in total. The smallest absolute Gasteiger partial charge is 0.0332 e. The predicted octanol–water partition coefficient (Wildman–Crippen LogP) is 3.01. The van der Waals surface area contributed by atoms with Crippen molar-refractivity contribution < 1.29 is 0 Å². The number of nitrogens with two attached hydrogens (primary N) is 1. The van der Waals surface area contributed by atoms with Gasteiger partial charge in [-0.25, -0.2) is 0 Å². The first-order valence-electron chi connectivity index (χ1n) is 6.22. The summed E-state index contributed by atoms with van der Waals surface area (Å²) in [5, 5.41) is 0. The van der Waals surface area contributed by atoms with Crippen molar-refractivity contribution in [3.63, 3.8) is 0 Å². The van der Waals surface area contributed by atoms with Crippen LogP contribution in [0.25, 0.3) is 0 Å². The first-order valence-corrected chi connectivity index (χ1v) is 7.01. The predicted molar refractivity (Wildman–Crippen MR) is 75.8 cm³/mol. The van der Waals surface area contributed by atoms with Gasteiger partial charge in [0.05, 0.1) is 0 Å². The Hall–Kier alpha value is -0.380. The zero-order valence-electron chi connectivity index (χ0n) is 10.6. The van der Waals surface area contributed by atoms with Gasteiger partial charge in [0, 0.05) is 23.1 Å². The molecule has 0 aromatic heterocycles. The Morgan fingerprint density at radius 2 is 1.94 bits per heavy atom. The molecule has 1 atom stereocenters. The van der Waals surface area contributed by atoms with Crippen molar-refractivity contribution in [1.29, 1.82) is 0 Å². The minimum absolute atomic E-state index is 0.160. The minimum atomic E-state index is 0.160. The van der Waals surface area contributed by atoms with Crippen LogP contribution in [0, 0.1) is 5.92 Å². The molecule has 0 aliphatic heterocycles. The lowest BCUT2D eigenvalue weighted by Crippen LogP contribution is -2.51. The van der Waals surface area contributed by atoms with Crippen LogP contribution in [0.3, 0.4) is 0 Å². The van der Waals surface area contributed by atoms with Crippen LogP contribution in [0.15, 0.2) is 28.7 Å². The van der Waals surface area contributed by atoms with Crippen LogP contribution in [0.2, 0.25) is 0 Å². The van der Waals surface area contributed by atoms with Gasteiger partial charge in [-0.1, -0.05) is 28.1 Å². The number of benzene rings is 1. The maximum atomic E-state index is 5.98. The van der Waals surface area contributed by atoms with E-state index in [4.69, 9.17) is 5.73 Å². The van der Waals surface area contributed by atoms with Crippen molar-refractivity contribution in [3.05, 3.63) is 34.3 Å². The number of hydrogen-bond acceptors (Lipinski definition) is 2. The molecule has 0 bridgehead atoms. The van der Waals surface area contributed by atoms with E-state index >= 15 is 0 Å². The molecular weight excluding hydrogens is 276 g/mol. The lowest BCUT2D eigenvalue weighted by atomic mass is 9.93. The Balaban J connectivity index is 2.04. The highest BCUT2D eigenvalue weighted by molar-refractivity contribution is 9.10. The standard InChI is InChI=1S/C14H21BrN2/c1-14(10-16,12-5-6-12)17(2)9-11-3-7-13(15)8-4-11/h3-4,7-8,12H,5-6,9-10,16H2,1-2H3. The molecule has 0 amide bonds. The third kappa shape index (κ3) is 2.90. The molecule has 1 fully saturated rings. The van der Waals surface area contributed by atoms with Crippen molar-refractivity contribution in [2.75, 3.05) is 13.6 Å². The van der Waals surface area contributed by atoms with Gasteiger partial charge in [0.25, 0.3) is 0 Å². The molecule has 1 aliphatic carbocycles. The highest BCUT2D eigenvalue weighted by Gasteiger charge is 2.43. The van der Waals surface area contributed by atoms with Crippen molar-refractivity contribution in [2.24, 2.45) is 11.7 Å². The lowest BCUT2D eigenvalue weighted by molar-refractivity contribution is 0.113. The first kappa shape index (κ1) is 13.1. The van der Waals surface area contributed by atoms with E-state index in [0.29, 0.717) is 0 Å². The van der Waals surface area contributed by atoms with Crippen molar-refractivity contribution in [2.45, 2.75) is 31.8 Å². The van der Waals surface area contributed by atoms with E-state index in [1.165, 1.54) is 18.4 Å². The molecule has 0 heterocycles. The molecule has 0 spiro atoms. The second-order valence-electron chi connectivity index (χ2n) is 5.32. The van der Waals surface area contributed by atoms with Crippen LogP contribution >= 0.6 is 15.9 Å². The molecule has 1 aliphatic rings. The summed E-state index contributed by atoms with van der Waals surface area (Å²) in [6.07, 6.45) is 2.66. The van der Waals surface area contributed by atoms with Gasteiger partial charge < -0.3 is 5.73 Å². The Kier molecular flexibility index (Phi) is 3.91. The molecule has 17 heavy (non-hydrogen) atoms. The third-order valence-electron chi connectivity index (χ3n) is 4.08. The average Bonchev–Trinajstić information content (AvgIpc) is 3.15. The van der Waals surface area contributed by atoms with Gasteiger partial charge in [0.1, 0.15) is 0 Å². The quantitative estimate of drug-likeness (QED) is 0.905. The molecule has 3 heteroatoms. The van der Waals surface area contributed by atoms with Gasteiger partial charge in [-0.05, 0) is 50.4 Å². The summed E-state index contributed by atoms with van der Waals surface area (Å²) >= 11 is 3.46. The molecule has 0 radical (unpaired) electrons. The second kappa shape index (κ2) is 5.09. The highest BCUT2D eigenvalue weighted by Crippen LogP contribution is 2.42. The normalized spacial score (nSPS) is 19.4.